The summed E-state index contributed by atoms with van der Waals surface area (Å²) in [7, 11) is 0. The topological polar surface area (TPSA) is 56.8 Å². The maximum Gasteiger partial charge on any atom is 0.262 e. The van der Waals surface area contributed by atoms with Crippen LogP contribution >= 0.6 is 0 Å². The number of hydrogen-bond donors (Lipinski definition) is 1. The lowest BCUT2D eigenvalue weighted by Crippen LogP contribution is -2.20. The van der Waals surface area contributed by atoms with Gasteiger partial charge in [0.2, 0.25) is 6.79 Å². The Balaban J connectivity index is 1.43. The molecule has 0 radical (unpaired) electrons. The molecule has 4 rings (SSSR count). The van der Waals surface area contributed by atoms with Crippen LogP contribution in [0.3, 0.4) is 0 Å². The molecule has 5 nitrogen and oxygen atoms in total. The molecular formula is C19H15NO4. The second-order valence-corrected chi connectivity index (χ2v) is 5.38. The minimum Gasteiger partial charge on any atom is -0.484 e. The average Bonchev–Trinajstić information content (AvgIpc) is 3.08. The number of anilines is 1. The van der Waals surface area contributed by atoms with E-state index in [0.29, 0.717) is 17.2 Å². The molecule has 0 saturated heterocycles. The molecule has 0 saturated carbocycles. The lowest BCUT2D eigenvalue weighted by atomic mass is 10.1. The highest BCUT2D eigenvalue weighted by molar-refractivity contribution is 6.02. The van der Waals surface area contributed by atoms with Gasteiger partial charge in [-0.3, -0.25) is 4.79 Å². The third-order valence-electron chi connectivity index (χ3n) is 3.78. The minimum absolute atomic E-state index is 0.0805. The van der Waals surface area contributed by atoms with E-state index in [4.69, 9.17) is 14.2 Å². The van der Waals surface area contributed by atoms with Gasteiger partial charge in [-0.1, -0.05) is 36.4 Å². The molecule has 3 aromatic rings. The van der Waals surface area contributed by atoms with Gasteiger partial charge in [0.15, 0.2) is 18.1 Å². The number of carbonyl (C=O) groups is 1. The number of ether oxygens (including phenoxy) is 3. The molecule has 1 aliphatic rings. The highest BCUT2D eigenvalue weighted by Crippen LogP contribution is 2.35. The van der Waals surface area contributed by atoms with Gasteiger partial charge in [0.05, 0.1) is 0 Å². The molecule has 0 bridgehead atoms. The van der Waals surface area contributed by atoms with Crippen molar-refractivity contribution in [2.45, 2.75) is 0 Å². The van der Waals surface area contributed by atoms with Gasteiger partial charge in [-0.05, 0) is 23.6 Å². The van der Waals surface area contributed by atoms with E-state index in [1.54, 1.807) is 18.2 Å². The number of rotatable bonds is 4. The third kappa shape index (κ3) is 2.84. The van der Waals surface area contributed by atoms with E-state index in [9.17, 15) is 4.79 Å². The zero-order chi connectivity index (χ0) is 16.4. The molecule has 0 spiro atoms. The minimum atomic E-state index is -0.219. The van der Waals surface area contributed by atoms with Gasteiger partial charge >= 0.3 is 0 Å². The molecule has 0 unspecified atom stereocenters. The van der Waals surface area contributed by atoms with Crippen LogP contribution in [-0.4, -0.2) is 19.3 Å². The van der Waals surface area contributed by atoms with E-state index in [1.165, 1.54) is 0 Å². The predicted octanol–water partition coefficient (Wildman–Crippen LogP) is 3.59. The van der Waals surface area contributed by atoms with Crippen LogP contribution in [0.5, 0.6) is 17.2 Å². The Hall–Kier alpha value is -3.21. The number of benzene rings is 3. The van der Waals surface area contributed by atoms with Crippen molar-refractivity contribution in [3.05, 3.63) is 60.7 Å². The van der Waals surface area contributed by atoms with Gasteiger partial charge in [-0.15, -0.1) is 0 Å². The number of fused-ring (bicyclic) bond motifs is 2. The number of carbonyl (C=O) groups excluding carboxylic acids is 1. The molecule has 1 heterocycles. The summed E-state index contributed by atoms with van der Waals surface area (Å²) >= 11 is 0. The molecule has 5 heteroatoms. The first-order valence-electron chi connectivity index (χ1n) is 7.60. The average molecular weight is 321 g/mol. The molecule has 0 aliphatic carbocycles. The van der Waals surface area contributed by atoms with Crippen molar-refractivity contribution < 1.29 is 19.0 Å². The van der Waals surface area contributed by atoms with Crippen molar-refractivity contribution >= 4 is 22.4 Å². The van der Waals surface area contributed by atoms with Crippen molar-refractivity contribution in [3.8, 4) is 17.2 Å². The first-order valence-corrected chi connectivity index (χ1v) is 7.60. The zero-order valence-electron chi connectivity index (χ0n) is 12.8. The number of amides is 1. The fourth-order valence-corrected chi connectivity index (χ4v) is 2.64. The van der Waals surface area contributed by atoms with Gasteiger partial charge < -0.3 is 19.5 Å². The Labute approximate surface area is 138 Å². The van der Waals surface area contributed by atoms with Crippen molar-refractivity contribution in [3.63, 3.8) is 0 Å². The summed E-state index contributed by atoms with van der Waals surface area (Å²) in [5.41, 5.74) is 0.771. The summed E-state index contributed by atoms with van der Waals surface area (Å²) in [6.45, 7) is 0.128. The summed E-state index contributed by atoms with van der Waals surface area (Å²) in [6, 6.07) is 18.9. The normalized spacial score (nSPS) is 12.2. The Bertz CT molecular complexity index is 902. The molecule has 0 aromatic heterocycles. The smallest absolute Gasteiger partial charge is 0.262 e. The zero-order valence-corrected chi connectivity index (χ0v) is 12.8. The Morgan fingerprint density at radius 3 is 2.79 bits per heavy atom. The van der Waals surface area contributed by atoms with E-state index >= 15 is 0 Å². The maximum atomic E-state index is 12.2. The second-order valence-electron chi connectivity index (χ2n) is 5.38. The SMILES string of the molecule is O=C(COc1ccc2c(c1)OCO2)Nc1cccc2ccccc12. The molecule has 24 heavy (non-hydrogen) atoms. The molecule has 120 valence electrons. The first-order chi connectivity index (χ1) is 11.8. The Morgan fingerprint density at radius 2 is 1.83 bits per heavy atom. The van der Waals surface area contributed by atoms with Gasteiger partial charge in [-0.25, -0.2) is 0 Å². The maximum absolute atomic E-state index is 12.2. The van der Waals surface area contributed by atoms with Crippen molar-refractivity contribution in [2.75, 3.05) is 18.7 Å². The van der Waals surface area contributed by atoms with Gasteiger partial charge in [0, 0.05) is 17.1 Å². The van der Waals surface area contributed by atoms with Crippen LogP contribution in [0.25, 0.3) is 10.8 Å². The molecule has 0 fully saturated rings. The predicted molar refractivity (Wildman–Crippen MR) is 90.6 cm³/mol. The van der Waals surface area contributed by atoms with Gasteiger partial charge in [0.1, 0.15) is 5.75 Å². The summed E-state index contributed by atoms with van der Waals surface area (Å²) in [5.74, 6) is 1.65. The van der Waals surface area contributed by atoms with Crippen molar-refractivity contribution in [2.24, 2.45) is 0 Å². The van der Waals surface area contributed by atoms with E-state index in [2.05, 4.69) is 5.32 Å². The van der Waals surface area contributed by atoms with Crippen LogP contribution in [0, 0.1) is 0 Å². The summed E-state index contributed by atoms with van der Waals surface area (Å²) < 4.78 is 16.1. The fourth-order valence-electron chi connectivity index (χ4n) is 2.64. The Morgan fingerprint density at radius 1 is 1.00 bits per heavy atom. The number of hydrogen-bond acceptors (Lipinski definition) is 4. The van der Waals surface area contributed by atoms with E-state index in [0.717, 1.165) is 16.5 Å². The van der Waals surface area contributed by atoms with Crippen LogP contribution in [0.15, 0.2) is 60.7 Å². The fraction of sp³-hybridized carbons (Fsp3) is 0.105. The lowest BCUT2D eigenvalue weighted by Gasteiger charge is -2.10. The lowest BCUT2D eigenvalue weighted by molar-refractivity contribution is -0.118. The highest BCUT2D eigenvalue weighted by Gasteiger charge is 2.14. The standard InChI is InChI=1S/C19H15NO4/c21-19(11-22-14-8-9-17-18(10-14)24-12-23-17)20-16-7-3-5-13-4-1-2-6-15(13)16/h1-10H,11-12H2,(H,20,21). The first kappa shape index (κ1) is 14.4. The van der Waals surface area contributed by atoms with E-state index in [1.807, 2.05) is 42.5 Å². The molecule has 0 atom stereocenters. The van der Waals surface area contributed by atoms with Crippen LogP contribution in [0.2, 0.25) is 0 Å². The van der Waals surface area contributed by atoms with E-state index < -0.39 is 0 Å². The summed E-state index contributed by atoms with van der Waals surface area (Å²) in [4.78, 5) is 12.2. The molecule has 1 N–H and O–H groups in total. The molecule has 1 aliphatic heterocycles. The van der Waals surface area contributed by atoms with Crippen LogP contribution in [0.1, 0.15) is 0 Å². The highest BCUT2D eigenvalue weighted by atomic mass is 16.7. The Kier molecular flexibility index (Phi) is 3.67. The monoisotopic (exact) mass is 321 g/mol. The van der Waals surface area contributed by atoms with Crippen molar-refractivity contribution in [1.82, 2.24) is 0 Å². The molecule has 1 amide bonds. The van der Waals surface area contributed by atoms with Gasteiger partial charge in [0.25, 0.3) is 5.91 Å². The number of nitrogens with one attached hydrogen (secondary N) is 1. The largest absolute Gasteiger partial charge is 0.484 e. The summed E-state index contributed by atoms with van der Waals surface area (Å²) in [6.07, 6.45) is 0. The van der Waals surface area contributed by atoms with E-state index in [-0.39, 0.29) is 19.3 Å². The van der Waals surface area contributed by atoms with Crippen LogP contribution < -0.4 is 19.5 Å². The summed E-state index contributed by atoms with van der Waals surface area (Å²) in [5, 5.41) is 4.96. The quantitative estimate of drug-likeness (QED) is 0.798. The second kappa shape index (κ2) is 6.12. The van der Waals surface area contributed by atoms with Crippen LogP contribution in [-0.2, 0) is 4.79 Å². The van der Waals surface area contributed by atoms with Crippen LogP contribution in [0.4, 0.5) is 5.69 Å². The molecule has 3 aromatic carbocycles. The van der Waals surface area contributed by atoms with Crippen molar-refractivity contribution in [1.29, 1.82) is 0 Å². The molecular weight excluding hydrogens is 306 g/mol. The van der Waals surface area contributed by atoms with Gasteiger partial charge in [-0.2, -0.15) is 0 Å². The third-order valence-corrected chi connectivity index (χ3v) is 3.78.